The van der Waals surface area contributed by atoms with E-state index in [1.807, 2.05) is 66.7 Å². The summed E-state index contributed by atoms with van der Waals surface area (Å²) in [7, 11) is 0. The Bertz CT molecular complexity index is 862. The Balaban J connectivity index is 1.69. The molecule has 0 bridgehead atoms. The Kier molecular flexibility index (Phi) is 4.85. The Morgan fingerprint density at radius 2 is 1.56 bits per heavy atom. The van der Waals surface area contributed by atoms with E-state index in [4.69, 9.17) is 16.2 Å². The van der Waals surface area contributed by atoms with Gasteiger partial charge in [0.25, 0.3) is 0 Å². The minimum absolute atomic E-state index is 0.208. The van der Waals surface area contributed by atoms with Gasteiger partial charge in [0.1, 0.15) is 6.61 Å². The third kappa shape index (κ3) is 4.51. The van der Waals surface area contributed by atoms with Gasteiger partial charge in [0.05, 0.1) is 0 Å². The molecule has 1 amide bonds. The molecule has 0 spiro atoms. The van der Waals surface area contributed by atoms with Gasteiger partial charge >= 0.3 is 6.09 Å². The van der Waals surface area contributed by atoms with Crippen molar-refractivity contribution < 1.29 is 9.53 Å². The lowest BCUT2D eigenvalue weighted by molar-refractivity contribution is 0.155. The molecule has 0 aromatic heterocycles. The predicted octanol–water partition coefficient (Wildman–Crippen LogP) is 4.27. The highest BCUT2D eigenvalue weighted by molar-refractivity contribution is 5.87. The average Bonchev–Trinajstić information content (AvgIpc) is 2.61. The number of hydrogen-bond acceptors (Lipinski definition) is 4. The van der Waals surface area contributed by atoms with Crippen molar-refractivity contribution in [1.29, 1.82) is 0 Å². The third-order valence-electron chi connectivity index (χ3n) is 3.66. The van der Waals surface area contributed by atoms with E-state index in [2.05, 4.69) is 5.32 Å². The number of amides is 1. The molecular weight excluding hydrogens is 314 g/mol. The molecule has 0 aliphatic rings. The average molecular weight is 333 g/mol. The number of benzene rings is 3. The van der Waals surface area contributed by atoms with Crippen LogP contribution in [0.25, 0.3) is 11.1 Å². The van der Waals surface area contributed by atoms with Crippen molar-refractivity contribution in [3.05, 3.63) is 78.4 Å². The van der Waals surface area contributed by atoms with Gasteiger partial charge < -0.3 is 16.2 Å². The van der Waals surface area contributed by atoms with Crippen LogP contribution in [0.1, 0.15) is 5.56 Å². The SMILES string of the molecule is Nc1ccc(-c2cc(N)cc(NC(=O)OCc3ccccc3)c2)cc1. The van der Waals surface area contributed by atoms with Crippen molar-refractivity contribution in [2.75, 3.05) is 16.8 Å². The van der Waals surface area contributed by atoms with Crippen LogP contribution in [-0.2, 0) is 11.3 Å². The van der Waals surface area contributed by atoms with Crippen molar-refractivity contribution in [3.8, 4) is 11.1 Å². The van der Waals surface area contributed by atoms with Gasteiger partial charge in [-0.1, -0.05) is 42.5 Å². The van der Waals surface area contributed by atoms with Crippen molar-refractivity contribution >= 4 is 23.2 Å². The second-order valence-electron chi connectivity index (χ2n) is 5.65. The fraction of sp³-hybridized carbons (Fsp3) is 0.0500. The Morgan fingerprint density at radius 3 is 2.28 bits per heavy atom. The van der Waals surface area contributed by atoms with Crippen LogP contribution in [0.2, 0.25) is 0 Å². The maximum Gasteiger partial charge on any atom is 0.411 e. The van der Waals surface area contributed by atoms with Gasteiger partial charge in [0.2, 0.25) is 0 Å². The van der Waals surface area contributed by atoms with E-state index in [0.717, 1.165) is 16.7 Å². The highest BCUT2D eigenvalue weighted by atomic mass is 16.5. The Morgan fingerprint density at radius 1 is 0.840 bits per heavy atom. The topological polar surface area (TPSA) is 90.4 Å². The zero-order chi connectivity index (χ0) is 17.6. The zero-order valence-electron chi connectivity index (χ0n) is 13.6. The zero-order valence-corrected chi connectivity index (χ0v) is 13.6. The molecule has 5 nitrogen and oxygen atoms in total. The van der Waals surface area contributed by atoms with E-state index < -0.39 is 6.09 Å². The molecule has 0 saturated heterocycles. The molecule has 0 saturated carbocycles. The number of rotatable bonds is 4. The van der Waals surface area contributed by atoms with E-state index in [-0.39, 0.29) is 6.61 Å². The molecule has 3 aromatic rings. The first-order chi connectivity index (χ1) is 12.1. The summed E-state index contributed by atoms with van der Waals surface area (Å²) in [6, 6.07) is 22.3. The van der Waals surface area contributed by atoms with Crippen LogP contribution < -0.4 is 16.8 Å². The fourth-order valence-corrected chi connectivity index (χ4v) is 2.44. The molecule has 5 N–H and O–H groups in total. The molecule has 0 atom stereocenters. The van der Waals surface area contributed by atoms with Crippen LogP contribution in [0.3, 0.4) is 0 Å². The normalized spacial score (nSPS) is 10.2. The van der Waals surface area contributed by atoms with Gasteiger partial charge in [-0.25, -0.2) is 4.79 Å². The molecule has 5 heteroatoms. The first kappa shape index (κ1) is 16.4. The van der Waals surface area contributed by atoms with Crippen LogP contribution in [-0.4, -0.2) is 6.09 Å². The Hall–Kier alpha value is -3.47. The Labute approximate surface area is 146 Å². The lowest BCUT2D eigenvalue weighted by atomic mass is 10.0. The molecule has 0 fully saturated rings. The van der Waals surface area contributed by atoms with Gasteiger partial charge in [0, 0.05) is 17.1 Å². The van der Waals surface area contributed by atoms with Gasteiger partial charge in [-0.05, 0) is 47.0 Å². The van der Waals surface area contributed by atoms with E-state index in [1.54, 1.807) is 6.07 Å². The molecule has 126 valence electrons. The number of nitrogens with one attached hydrogen (secondary N) is 1. The summed E-state index contributed by atoms with van der Waals surface area (Å²) in [6.07, 6.45) is -0.530. The van der Waals surface area contributed by atoms with Crippen LogP contribution in [0.4, 0.5) is 21.9 Å². The van der Waals surface area contributed by atoms with Crippen molar-refractivity contribution in [1.82, 2.24) is 0 Å². The minimum Gasteiger partial charge on any atom is -0.444 e. The van der Waals surface area contributed by atoms with Crippen molar-refractivity contribution in [2.45, 2.75) is 6.61 Å². The van der Waals surface area contributed by atoms with Crippen LogP contribution in [0, 0.1) is 0 Å². The largest absolute Gasteiger partial charge is 0.444 e. The number of carbonyl (C=O) groups excluding carboxylic acids is 1. The first-order valence-electron chi connectivity index (χ1n) is 7.84. The summed E-state index contributed by atoms with van der Waals surface area (Å²) in [6.45, 7) is 0.208. The van der Waals surface area contributed by atoms with Gasteiger partial charge in [-0.15, -0.1) is 0 Å². The van der Waals surface area contributed by atoms with E-state index >= 15 is 0 Å². The molecule has 0 heterocycles. The molecule has 25 heavy (non-hydrogen) atoms. The number of nitrogens with two attached hydrogens (primary N) is 2. The first-order valence-corrected chi connectivity index (χ1v) is 7.84. The standard InChI is InChI=1S/C20H19N3O2/c21-17-8-6-15(7-9-17)16-10-18(22)12-19(11-16)23-20(24)25-13-14-4-2-1-3-5-14/h1-12H,13,21-22H2,(H,23,24). The summed E-state index contributed by atoms with van der Waals surface area (Å²) in [5.74, 6) is 0. The molecule has 0 aliphatic carbocycles. The number of hydrogen-bond donors (Lipinski definition) is 3. The summed E-state index contributed by atoms with van der Waals surface area (Å²) in [4.78, 5) is 12.0. The predicted molar refractivity (Wildman–Crippen MR) is 101 cm³/mol. The van der Waals surface area contributed by atoms with Crippen LogP contribution in [0.15, 0.2) is 72.8 Å². The lowest BCUT2D eigenvalue weighted by Crippen LogP contribution is -2.13. The number of anilines is 3. The molecule has 3 rings (SSSR count). The second-order valence-corrected chi connectivity index (χ2v) is 5.65. The highest BCUT2D eigenvalue weighted by Gasteiger charge is 2.07. The molecule has 3 aromatic carbocycles. The molecular formula is C20H19N3O2. The number of carbonyl (C=O) groups is 1. The van der Waals surface area contributed by atoms with E-state index in [9.17, 15) is 4.79 Å². The smallest absolute Gasteiger partial charge is 0.411 e. The van der Waals surface area contributed by atoms with Gasteiger partial charge in [-0.3, -0.25) is 5.32 Å². The summed E-state index contributed by atoms with van der Waals surface area (Å²) in [5.41, 5.74) is 16.2. The highest BCUT2D eigenvalue weighted by Crippen LogP contribution is 2.27. The van der Waals surface area contributed by atoms with Crippen molar-refractivity contribution in [3.63, 3.8) is 0 Å². The van der Waals surface area contributed by atoms with Gasteiger partial charge in [-0.2, -0.15) is 0 Å². The monoisotopic (exact) mass is 333 g/mol. The summed E-state index contributed by atoms with van der Waals surface area (Å²) in [5, 5.41) is 2.71. The summed E-state index contributed by atoms with van der Waals surface area (Å²) < 4.78 is 5.23. The van der Waals surface area contributed by atoms with Crippen LogP contribution >= 0.6 is 0 Å². The maximum atomic E-state index is 12.0. The van der Waals surface area contributed by atoms with Crippen molar-refractivity contribution in [2.24, 2.45) is 0 Å². The molecule has 0 aliphatic heterocycles. The fourth-order valence-electron chi connectivity index (χ4n) is 2.44. The number of ether oxygens (including phenoxy) is 1. The molecule has 0 unspecified atom stereocenters. The van der Waals surface area contributed by atoms with Gasteiger partial charge in [0.15, 0.2) is 0 Å². The lowest BCUT2D eigenvalue weighted by Gasteiger charge is -2.10. The van der Waals surface area contributed by atoms with Crippen LogP contribution in [0.5, 0.6) is 0 Å². The summed E-state index contributed by atoms with van der Waals surface area (Å²) >= 11 is 0. The maximum absolute atomic E-state index is 12.0. The van der Waals surface area contributed by atoms with E-state index in [0.29, 0.717) is 17.1 Å². The van der Waals surface area contributed by atoms with E-state index in [1.165, 1.54) is 0 Å². The molecule has 0 radical (unpaired) electrons. The number of nitrogen functional groups attached to an aromatic ring is 2. The minimum atomic E-state index is -0.530. The quantitative estimate of drug-likeness (QED) is 0.622. The second kappa shape index (κ2) is 7.40. The third-order valence-corrected chi connectivity index (χ3v) is 3.66.